The average molecular weight is 273 g/mol. The smallest absolute Gasteiger partial charge is 0.273 e. The Balaban J connectivity index is 1.91. The standard InChI is InChI=1S/C14H19N5O/c1-18(8-5-12-4-2-3-7-16-12)14(20)13-10-19(9-6-15)11-17-13/h2-4,7,10-11H,5-6,8-9,15H2,1H3. The number of nitrogens with two attached hydrogens (primary N) is 1. The highest BCUT2D eigenvalue weighted by Gasteiger charge is 2.14. The number of carbonyl (C=O) groups is 1. The first-order valence-corrected chi connectivity index (χ1v) is 6.58. The van der Waals surface area contributed by atoms with Crippen LogP contribution in [0.1, 0.15) is 16.2 Å². The molecule has 2 rings (SSSR count). The zero-order valence-corrected chi connectivity index (χ0v) is 11.6. The Morgan fingerprint density at radius 1 is 1.40 bits per heavy atom. The van der Waals surface area contributed by atoms with E-state index in [1.165, 1.54) is 0 Å². The second kappa shape index (κ2) is 6.81. The molecule has 6 nitrogen and oxygen atoms in total. The van der Waals surface area contributed by atoms with Crippen molar-refractivity contribution in [1.82, 2.24) is 19.4 Å². The van der Waals surface area contributed by atoms with Gasteiger partial charge < -0.3 is 15.2 Å². The molecule has 0 saturated carbocycles. The topological polar surface area (TPSA) is 77.0 Å². The van der Waals surface area contributed by atoms with E-state index >= 15 is 0 Å². The minimum atomic E-state index is -0.0864. The average Bonchev–Trinajstić information content (AvgIpc) is 2.94. The highest BCUT2D eigenvalue weighted by molar-refractivity contribution is 5.91. The summed E-state index contributed by atoms with van der Waals surface area (Å²) in [6, 6.07) is 5.77. The molecular formula is C14H19N5O. The lowest BCUT2D eigenvalue weighted by Gasteiger charge is -2.15. The fourth-order valence-electron chi connectivity index (χ4n) is 1.87. The first-order valence-electron chi connectivity index (χ1n) is 6.58. The summed E-state index contributed by atoms with van der Waals surface area (Å²) in [7, 11) is 1.77. The Hall–Kier alpha value is -2.21. The van der Waals surface area contributed by atoms with Crippen molar-refractivity contribution < 1.29 is 4.79 Å². The molecule has 0 aromatic carbocycles. The van der Waals surface area contributed by atoms with E-state index in [0.717, 1.165) is 12.1 Å². The van der Waals surface area contributed by atoms with Crippen LogP contribution in [0, 0.1) is 0 Å². The van der Waals surface area contributed by atoms with Crippen molar-refractivity contribution in [1.29, 1.82) is 0 Å². The van der Waals surface area contributed by atoms with Gasteiger partial charge in [0.1, 0.15) is 5.69 Å². The molecule has 0 radical (unpaired) electrons. The van der Waals surface area contributed by atoms with Crippen LogP contribution < -0.4 is 5.73 Å². The summed E-state index contributed by atoms with van der Waals surface area (Å²) in [6.45, 7) is 1.80. The van der Waals surface area contributed by atoms with Crippen LogP contribution in [0.3, 0.4) is 0 Å². The molecule has 2 aromatic heterocycles. The summed E-state index contributed by atoms with van der Waals surface area (Å²) in [5.41, 5.74) is 6.89. The summed E-state index contributed by atoms with van der Waals surface area (Å²) in [4.78, 5) is 22.2. The highest BCUT2D eigenvalue weighted by atomic mass is 16.2. The van der Waals surface area contributed by atoms with Crippen molar-refractivity contribution in [2.45, 2.75) is 13.0 Å². The lowest BCUT2D eigenvalue weighted by atomic mass is 10.2. The van der Waals surface area contributed by atoms with Crippen LogP contribution in [-0.4, -0.2) is 45.5 Å². The number of imidazole rings is 1. The highest BCUT2D eigenvalue weighted by Crippen LogP contribution is 2.03. The molecule has 0 bridgehead atoms. The Morgan fingerprint density at radius 3 is 2.95 bits per heavy atom. The molecule has 0 aliphatic heterocycles. The van der Waals surface area contributed by atoms with Crippen molar-refractivity contribution in [2.75, 3.05) is 20.1 Å². The molecule has 1 amide bonds. The lowest BCUT2D eigenvalue weighted by Crippen LogP contribution is -2.29. The molecule has 106 valence electrons. The Bertz CT molecular complexity index is 552. The summed E-state index contributed by atoms with van der Waals surface area (Å²) in [5.74, 6) is -0.0864. The number of pyridine rings is 1. The Kier molecular flexibility index (Phi) is 4.84. The second-order valence-electron chi connectivity index (χ2n) is 4.58. The molecule has 2 heterocycles. The third kappa shape index (κ3) is 3.64. The summed E-state index contributed by atoms with van der Waals surface area (Å²) >= 11 is 0. The number of amides is 1. The lowest BCUT2D eigenvalue weighted by molar-refractivity contribution is 0.0791. The minimum Gasteiger partial charge on any atom is -0.340 e. The SMILES string of the molecule is CN(CCc1ccccn1)C(=O)c1cn(CCN)cn1. The molecule has 2 aromatic rings. The number of hydrogen-bond donors (Lipinski definition) is 1. The van der Waals surface area contributed by atoms with Crippen LogP contribution in [0.2, 0.25) is 0 Å². The maximum Gasteiger partial charge on any atom is 0.273 e. The quantitative estimate of drug-likeness (QED) is 0.834. The molecule has 20 heavy (non-hydrogen) atoms. The van der Waals surface area contributed by atoms with Gasteiger partial charge in [-0.3, -0.25) is 9.78 Å². The summed E-state index contributed by atoms with van der Waals surface area (Å²) < 4.78 is 1.82. The van der Waals surface area contributed by atoms with Crippen molar-refractivity contribution in [3.05, 3.63) is 48.3 Å². The van der Waals surface area contributed by atoms with Gasteiger partial charge in [0.25, 0.3) is 5.91 Å². The number of rotatable bonds is 6. The van der Waals surface area contributed by atoms with Gasteiger partial charge >= 0.3 is 0 Å². The number of carbonyl (C=O) groups excluding carboxylic acids is 1. The van der Waals surface area contributed by atoms with E-state index in [2.05, 4.69) is 9.97 Å². The summed E-state index contributed by atoms with van der Waals surface area (Å²) in [6.07, 6.45) is 5.84. The van der Waals surface area contributed by atoms with Crippen molar-refractivity contribution in [3.8, 4) is 0 Å². The van der Waals surface area contributed by atoms with E-state index in [0.29, 0.717) is 25.3 Å². The van der Waals surface area contributed by atoms with Crippen LogP contribution in [0.25, 0.3) is 0 Å². The summed E-state index contributed by atoms with van der Waals surface area (Å²) in [5, 5.41) is 0. The van der Waals surface area contributed by atoms with E-state index < -0.39 is 0 Å². The van der Waals surface area contributed by atoms with Gasteiger partial charge in [-0.1, -0.05) is 6.07 Å². The van der Waals surface area contributed by atoms with Crippen LogP contribution in [0.4, 0.5) is 0 Å². The van der Waals surface area contributed by atoms with Crippen LogP contribution >= 0.6 is 0 Å². The monoisotopic (exact) mass is 273 g/mol. The van der Waals surface area contributed by atoms with Crippen molar-refractivity contribution in [3.63, 3.8) is 0 Å². The first-order chi connectivity index (χ1) is 9.70. The maximum atomic E-state index is 12.2. The molecule has 0 fully saturated rings. The number of aromatic nitrogens is 3. The molecule has 0 atom stereocenters. The zero-order chi connectivity index (χ0) is 14.4. The molecule has 0 unspecified atom stereocenters. The van der Waals surface area contributed by atoms with Gasteiger partial charge in [0.2, 0.25) is 0 Å². The van der Waals surface area contributed by atoms with Crippen LogP contribution in [0.15, 0.2) is 36.9 Å². The second-order valence-corrected chi connectivity index (χ2v) is 4.58. The van der Waals surface area contributed by atoms with Gasteiger partial charge in [0.05, 0.1) is 6.33 Å². The zero-order valence-electron chi connectivity index (χ0n) is 11.6. The van der Waals surface area contributed by atoms with E-state index in [1.807, 2.05) is 22.8 Å². The van der Waals surface area contributed by atoms with Gasteiger partial charge in [0, 0.05) is 51.2 Å². The third-order valence-electron chi connectivity index (χ3n) is 3.02. The number of nitrogens with zero attached hydrogens (tertiary/aromatic N) is 4. The van der Waals surface area contributed by atoms with Crippen molar-refractivity contribution >= 4 is 5.91 Å². The van der Waals surface area contributed by atoms with Crippen LogP contribution in [-0.2, 0) is 13.0 Å². The van der Waals surface area contributed by atoms with Gasteiger partial charge in [-0.25, -0.2) is 4.98 Å². The van der Waals surface area contributed by atoms with Gasteiger partial charge in [-0.15, -0.1) is 0 Å². The van der Waals surface area contributed by atoms with Gasteiger partial charge in [-0.05, 0) is 12.1 Å². The van der Waals surface area contributed by atoms with E-state index in [1.54, 1.807) is 30.7 Å². The molecule has 0 spiro atoms. The molecule has 0 aliphatic rings. The normalized spacial score (nSPS) is 10.5. The molecule has 6 heteroatoms. The predicted octanol–water partition coefficient (Wildman–Crippen LogP) is 0.551. The molecular weight excluding hydrogens is 254 g/mol. The van der Waals surface area contributed by atoms with Crippen molar-refractivity contribution in [2.24, 2.45) is 5.73 Å². The Labute approximate surface area is 118 Å². The number of likely N-dealkylation sites (N-methyl/N-ethyl adjacent to an activating group) is 1. The fourth-order valence-corrected chi connectivity index (χ4v) is 1.87. The predicted molar refractivity (Wildman–Crippen MR) is 76.2 cm³/mol. The van der Waals surface area contributed by atoms with Crippen LogP contribution in [0.5, 0.6) is 0 Å². The van der Waals surface area contributed by atoms with E-state index in [9.17, 15) is 4.79 Å². The molecule has 0 aliphatic carbocycles. The van der Waals surface area contributed by atoms with Gasteiger partial charge in [0.15, 0.2) is 0 Å². The maximum absolute atomic E-state index is 12.2. The Morgan fingerprint density at radius 2 is 2.25 bits per heavy atom. The molecule has 2 N–H and O–H groups in total. The molecule has 0 saturated heterocycles. The first kappa shape index (κ1) is 14.2. The van der Waals surface area contributed by atoms with E-state index in [4.69, 9.17) is 5.73 Å². The van der Waals surface area contributed by atoms with E-state index in [-0.39, 0.29) is 5.91 Å². The van der Waals surface area contributed by atoms with Gasteiger partial charge in [-0.2, -0.15) is 0 Å². The minimum absolute atomic E-state index is 0.0864. The number of hydrogen-bond acceptors (Lipinski definition) is 4. The fraction of sp³-hybridized carbons (Fsp3) is 0.357. The largest absolute Gasteiger partial charge is 0.340 e. The third-order valence-corrected chi connectivity index (χ3v) is 3.02.